The number of carbonyl (C=O) groups is 3. The van der Waals surface area contributed by atoms with Crippen molar-refractivity contribution in [2.45, 2.75) is 26.8 Å². The zero-order valence-electron chi connectivity index (χ0n) is 23.0. The molecule has 9 nitrogen and oxygen atoms in total. The minimum Gasteiger partial charge on any atom is -0.507 e. The minimum atomic E-state index is -1.03. The van der Waals surface area contributed by atoms with E-state index in [2.05, 4.69) is 18.1 Å². The van der Waals surface area contributed by atoms with E-state index < -0.39 is 23.7 Å². The molecule has 0 aliphatic carbocycles. The number of hydrogen-bond acceptors (Lipinski definition) is 9. The van der Waals surface area contributed by atoms with Crippen molar-refractivity contribution < 1.29 is 33.7 Å². The van der Waals surface area contributed by atoms with Crippen LogP contribution in [0.4, 0.5) is 5.13 Å². The van der Waals surface area contributed by atoms with Gasteiger partial charge in [0, 0.05) is 5.56 Å². The quantitative estimate of drug-likeness (QED) is 0.102. The highest BCUT2D eigenvalue weighted by molar-refractivity contribution is 7.17. The Balaban J connectivity index is 1.87. The highest BCUT2D eigenvalue weighted by Gasteiger charge is 2.48. The normalized spacial score (nSPS) is 16.0. The van der Waals surface area contributed by atoms with E-state index in [-0.39, 0.29) is 27.9 Å². The summed E-state index contributed by atoms with van der Waals surface area (Å²) in [7, 11) is 0. The van der Waals surface area contributed by atoms with Gasteiger partial charge < -0.3 is 19.3 Å². The van der Waals surface area contributed by atoms with Crippen molar-refractivity contribution in [2.24, 2.45) is 0 Å². The fraction of sp³-hybridized carbons (Fsp3) is 0.226. The van der Waals surface area contributed by atoms with Crippen molar-refractivity contribution in [3.63, 3.8) is 0 Å². The minimum absolute atomic E-state index is 0.108. The molecule has 0 saturated carbocycles. The van der Waals surface area contributed by atoms with Gasteiger partial charge >= 0.3 is 11.9 Å². The SMILES string of the molecule is C=CCOc1ccc(C2C(=C(O)c3ccc(OCC=C)cc3C)C(=O)C(=O)N2c2nc(C)c(C(=O)OCC)s2)cc1. The second kappa shape index (κ2) is 12.6. The number of thiazole rings is 1. The summed E-state index contributed by atoms with van der Waals surface area (Å²) >= 11 is 0.948. The lowest BCUT2D eigenvalue weighted by atomic mass is 9.94. The van der Waals surface area contributed by atoms with E-state index in [1.807, 2.05) is 0 Å². The molecule has 0 spiro atoms. The lowest BCUT2D eigenvalue weighted by molar-refractivity contribution is -0.132. The predicted molar refractivity (Wildman–Crippen MR) is 157 cm³/mol. The topological polar surface area (TPSA) is 115 Å². The van der Waals surface area contributed by atoms with Gasteiger partial charge in [-0.3, -0.25) is 14.5 Å². The molecule has 2 aromatic carbocycles. The van der Waals surface area contributed by atoms with Crippen LogP contribution in [0.25, 0.3) is 5.76 Å². The van der Waals surface area contributed by atoms with Crippen LogP contribution < -0.4 is 14.4 Å². The summed E-state index contributed by atoms with van der Waals surface area (Å²) in [6.07, 6.45) is 3.23. The number of aliphatic hydroxyl groups excluding tert-OH is 1. The van der Waals surface area contributed by atoms with Gasteiger partial charge in [-0.05, 0) is 62.2 Å². The molecule has 1 unspecified atom stereocenters. The Morgan fingerprint density at radius 2 is 1.68 bits per heavy atom. The summed E-state index contributed by atoms with van der Waals surface area (Å²) < 4.78 is 16.3. The molecule has 3 aromatic rings. The smallest absolute Gasteiger partial charge is 0.350 e. The second-order valence-electron chi connectivity index (χ2n) is 9.05. The van der Waals surface area contributed by atoms with Crippen LogP contribution in [0.15, 0.2) is 73.3 Å². The first kappa shape index (κ1) is 29.3. The highest BCUT2D eigenvalue weighted by atomic mass is 32.1. The van der Waals surface area contributed by atoms with Gasteiger partial charge in [-0.2, -0.15) is 0 Å². The molecule has 10 heteroatoms. The molecular weight excluding hydrogens is 544 g/mol. The van der Waals surface area contributed by atoms with Gasteiger partial charge in [0.2, 0.25) is 0 Å². The summed E-state index contributed by atoms with van der Waals surface area (Å²) in [4.78, 5) is 45.5. The van der Waals surface area contributed by atoms with Crippen LogP contribution in [-0.4, -0.2) is 47.6 Å². The Hall–Kier alpha value is -4.70. The number of esters is 1. The molecule has 1 saturated heterocycles. The number of aryl methyl sites for hydroxylation is 2. The van der Waals surface area contributed by atoms with Crippen molar-refractivity contribution in [3.05, 3.63) is 101 Å². The first-order valence-electron chi connectivity index (χ1n) is 12.9. The van der Waals surface area contributed by atoms with E-state index in [0.717, 1.165) is 11.3 Å². The number of ether oxygens (including phenoxy) is 3. The average Bonchev–Trinajstić information content (AvgIpc) is 3.47. The Labute approximate surface area is 242 Å². The maximum absolute atomic E-state index is 13.5. The van der Waals surface area contributed by atoms with E-state index >= 15 is 0 Å². The molecular formula is C31H30N2O7S. The van der Waals surface area contributed by atoms with Gasteiger partial charge in [-0.15, -0.1) is 0 Å². The van der Waals surface area contributed by atoms with Gasteiger partial charge in [0.05, 0.1) is 23.9 Å². The summed E-state index contributed by atoms with van der Waals surface area (Å²) in [6, 6.07) is 10.8. The first-order valence-corrected chi connectivity index (χ1v) is 13.7. The van der Waals surface area contributed by atoms with E-state index in [0.29, 0.717) is 47.1 Å². The third-order valence-electron chi connectivity index (χ3n) is 6.28. The van der Waals surface area contributed by atoms with E-state index in [9.17, 15) is 19.5 Å². The number of nitrogens with zero attached hydrogens (tertiary/aromatic N) is 2. The Bertz CT molecular complexity index is 1540. The van der Waals surface area contributed by atoms with Crippen molar-refractivity contribution in [2.75, 3.05) is 24.7 Å². The second-order valence-corrected chi connectivity index (χ2v) is 10.0. The lowest BCUT2D eigenvalue weighted by Crippen LogP contribution is -2.29. The number of rotatable bonds is 11. The fourth-order valence-electron chi connectivity index (χ4n) is 4.41. The zero-order valence-corrected chi connectivity index (χ0v) is 23.8. The number of aliphatic hydroxyl groups is 1. The van der Waals surface area contributed by atoms with Gasteiger partial charge in [-0.1, -0.05) is 48.8 Å². The zero-order chi connectivity index (χ0) is 29.7. The van der Waals surface area contributed by atoms with Crippen LogP contribution in [0, 0.1) is 13.8 Å². The lowest BCUT2D eigenvalue weighted by Gasteiger charge is -2.23. The molecule has 1 N–H and O–H groups in total. The number of Topliss-reactive ketones (excluding diaryl/α,β-unsaturated/α-hetero) is 1. The van der Waals surface area contributed by atoms with Gasteiger partial charge in [-0.25, -0.2) is 9.78 Å². The number of anilines is 1. The van der Waals surface area contributed by atoms with Gasteiger partial charge in [0.1, 0.15) is 35.3 Å². The average molecular weight is 575 g/mol. The van der Waals surface area contributed by atoms with E-state index in [4.69, 9.17) is 14.2 Å². The maximum atomic E-state index is 13.5. The number of benzene rings is 2. The number of ketones is 1. The first-order chi connectivity index (χ1) is 19.7. The molecule has 1 fully saturated rings. The summed E-state index contributed by atoms with van der Waals surface area (Å²) in [5, 5.41) is 11.7. The third-order valence-corrected chi connectivity index (χ3v) is 7.42. The third kappa shape index (κ3) is 5.92. The summed E-state index contributed by atoms with van der Waals surface area (Å²) in [6.45, 7) is 13.2. The molecule has 1 aliphatic heterocycles. The van der Waals surface area contributed by atoms with Crippen molar-refractivity contribution >= 4 is 39.9 Å². The Kier molecular flexibility index (Phi) is 9.04. The van der Waals surface area contributed by atoms with Crippen LogP contribution >= 0.6 is 11.3 Å². The maximum Gasteiger partial charge on any atom is 0.350 e. The molecule has 41 heavy (non-hydrogen) atoms. The summed E-state index contributed by atoms with van der Waals surface area (Å²) in [5.41, 5.74) is 1.79. The molecule has 1 aromatic heterocycles. The van der Waals surface area contributed by atoms with E-state index in [1.165, 1.54) is 4.90 Å². The molecule has 0 bridgehead atoms. The van der Waals surface area contributed by atoms with Crippen molar-refractivity contribution in [1.29, 1.82) is 0 Å². The van der Waals surface area contributed by atoms with Crippen LogP contribution in [0.3, 0.4) is 0 Å². The molecule has 4 rings (SSSR count). The van der Waals surface area contributed by atoms with Gasteiger partial charge in [0.15, 0.2) is 5.13 Å². The van der Waals surface area contributed by atoms with Crippen molar-refractivity contribution in [1.82, 2.24) is 4.98 Å². The standard InChI is InChI=1S/C31H30N2O7S/c1-6-15-39-21-11-9-20(10-12-21)25-24(26(34)23-14-13-22(17-18(23)4)40-16-7-2)27(35)29(36)33(25)31-32-19(5)28(41-31)30(37)38-8-3/h6-7,9-14,17,25,34H,1-2,8,15-16H2,3-5H3. The fourth-order valence-corrected chi connectivity index (χ4v) is 5.40. The van der Waals surface area contributed by atoms with Crippen LogP contribution in [0.1, 0.15) is 45.0 Å². The van der Waals surface area contributed by atoms with Crippen molar-refractivity contribution in [3.8, 4) is 11.5 Å². The molecule has 0 radical (unpaired) electrons. The largest absolute Gasteiger partial charge is 0.507 e. The van der Waals surface area contributed by atoms with E-state index in [1.54, 1.807) is 75.4 Å². The molecule has 1 atom stereocenters. The highest BCUT2D eigenvalue weighted by Crippen LogP contribution is 2.44. The van der Waals surface area contributed by atoms with Gasteiger partial charge in [0.25, 0.3) is 5.78 Å². The summed E-state index contributed by atoms with van der Waals surface area (Å²) in [5.74, 6) is -1.54. The Morgan fingerprint density at radius 1 is 1.05 bits per heavy atom. The molecule has 1 aliphatic rings. The van der Waals surface area contributed by atoms with Crippen LogP contribution in [0.5, 0.6) is 11.5 Å². The number of amides is 1. The molecule has 2 heterocycles. The molecule has 1 amide bonds. The number of hydrogen-bond donors (Lipinski definition) is 1. The monoisotopic (exact) mass is 574 g/mol. The molecule has 212 valence electrons. The number of carbonyl (C=O) groups excluding carboxylic acids is 3. The Morgan fingerprint density at radius 3 is 2.29 bits per heavy atom. The van der Waals surface area contributed by atoms with Crippen LogP contribution in [-0.2, 0) is 14.3 Å². The number of aromatic nitrogens is 1. The van der Waals surface area contributed by atoms with Crippen LogP contribution in [0.2, 0.25) is 0 Å². The predicted octanol–water partition coefficient (Wildman–Crippen LogP) is 5.69.